The highest BCUT2D eigenvalue weighted by atomic mass is 32.1. The molecule has 0 N–H and O–H groups in total. The molecule has 0 atom stereocenters. The first-order valence-electron chi connectivity index (χ1n) is 3.41. The zero-order valence-corrected chi connectivity index (χ0v) is 7.05. The average molecular weight is 164 g/mol. The Kier molecular flexibility index (Phi) is 1.39. The lowest BCUT2D eigenvalue weighted by molar-refractivity contribution is 1.05. The van der Waals surface area contributed by atoms with Crippen molar-refractivity contribution in [1.82, 2.24) is 9.19 Å². The van der Waals surface area contributed by atoms with Gasteiger partial charge < -0.3 is 0 Å². The van der Waals surface area contributed by atoms with Crippen LogP contribution >= 0.6 is 12.8 Å². The molecule has 0 saturated heterocycles. The predicted molar refractivity (Wildman–Crippen MR) is 48.9 cm³/mol. The number of fused-ring (bicyclic) bond motifs is 1. The van der Waals surface area contributed by atoms with Gasteiger partial charge in [0, 0.05) is 5.39 Å². The Balaban J connectivity index is 2.87. The van der Waals surface area contributed by atoms with Crippen molar-refractivity contribution in [3.63, 3.8) is 0 Å². The highest BCUT2D eigenvalue weighted by Crippen LogP contribution is 2.15. The smallest absolute Gasteiger partial charge is 0.0811 e. The Bertz CT molecular complexity index is 392. The monoisotopic (exact) mass is 164 g/mol. The molecule has 0 bridgehead atoms. The van der Waals surface area contributed by atoms with Crippen molar-refractivity contribution < 1.29 is 0 Å². The molecular weight excluding hydrogens is 156 g/mol. The van der Waals surface area contributed by atoms with E-state index in [1.54, 1.807) is 4.09 Å². The molecule has 0 aliphatic rings. The first-order valence-corrected chi connectivity index (χ1v) is 3.81. The van der Waals surface area contributed by atoms with Crippen LogP contribution in [-0.2, 0) is 0 Å². The topological polar surface area (TPSA) is 17.8 Å². The average Bonchev–Trinajstić information content (AvgIpc) is 2.33. The normalized spacial score (nSPS) is 10.7. The van der Waals surface area contributed by atoms with Gasteiger partial charge in [0.05, 0.1) is 11.7 Å². The zero-order valence-electron chi connectivity index (χ0n) is 6.15. The molecular formula is C8H8N2S. The summed E-state index contributed by atoms with van der Waals surface area (Å²) in [4.78, 5) is 0. The lowest BCUT2D eigenvalue weighted by Crippen LogP contribution is -1.80. The SMILES string of the molecule is Cc1ccc2cnn(S)c2c1. The fourth-order valence-electron chi connectivity index (χ4n) is 1.12. The summed E-state index contributed by atoms with van der Waals surface area (Å²) in [5.41, 5.74) is 2.29. The molecule has 1 heterocycles. The number of thiol groups is 1. The summed E-state index contributed by atoms with van der Waals surface area (Å²) in [6.07, 6.45) is 1.81. The van der Waals surface area contributed by atoms with E-state index in [0.29, 0.717) is 0 Å². The van der Waals surface area contributed by atoms with E-state index in [2.05, 4.69) is 37.0 Å². The molecule has 0 aliphatic carbocycles. The molecule has 2 rings (SSSR count). The van der Waals surface area contributed by atoms with Crippen molar-refractivity contribution in [3.8, 4) is 0 Å². The molecule has 0 radical (unpaired) electrons. The van der Waals surface area contributed by atoms with E-state index in [-0.39, 0.29) is 0 Å². The predicted octanol–water partition coefficient (Wildman–Crippen LogP) is 2.04. The van der Waals surface area contributed by atoms with Crippen LogP contribution in [0, 0.1) is 6.92 Å². The molecule has 0 unspecified atom stereocenters. The number of hydrogen-bond donors (Lipinski definition) is 1. The molecule has 0 saturated carbocycles. The molecule has 0 amide bonds. The number of aromatic nitrogens is 2. The summed E-state index contributed by atoms with van der Waals surface area (Å²) < 4.78 is 1.59. The van der Waals surface area contributed by atoms with Gasteiger partial charge in [-0.05, 0) is 31.4 Å². The molecule has 11 heavy (non-hydrogen) atoms. The maximum Gasteiger partial charge on any atom is 0.0811 e. The first-order chi connectivity index (χ1) is 5.27. The van der Waals surface area contributed by atoms with Crippen molar-refractivity contribution in [2.75, 3.05) is 0 Å². The van der Waals surface area contributed by atoms with Crippen molar-refractivity contribution in [1.29, 1.82) is 0 Å². The third-order valence-electron chi connectivity index (χ3n) is 1.71. The van der Waals surface area contributed by atoms with Gasteiger partial charge in [-0.2, -0.15) is 5.10 Å². The zero-order chi connectivity index (χ0) is 7.84. The van der Waals surface area contributed by atoms with Crippen LogP contribution in [0.15, 0.2) is 24.4 Å². The second-order valence-electron chi connectivity index (χ2n) is 2.60. The second-order valence-corrected chi connectivity index (χ2v) is 2.98. The van der Waals surface area contributed by atoms with Gasteiger partial charge in [-0.25, -0.2) is 4.09 Å². The highest BCUT2D eigenvalue weighted by molar-refractivity contribution is 7.78. The molecule has 1 aromatic carbocycles. The van der Waals surface area contributed by atoms with Gasteiger partial charge in [0.15, 0.2) is 0 Å². The highest BCUT2D eigenvalue weighted by Gasteiger charge is 1.97. The Labute approximate surface area is 70.4 Å². The third kappa shape index (κ3) is 1.01. The molecule has 2 aromatic rings. The maximum absolute atomic E-state index is 4.15. The first kappa shape index (κ1) is 6.73. The summed E-state index contributed by atoms with van der Waals surface area (Å²) in [6, 6.07) is 6.18. The van der Waals surface area contributed by atoms with Crippen LogP contribution < -0.4 is 0 Å². The molecule has 0 aliphatic heterocycles. The third-order valence-corrected chi connectivity index (χ3v) is 2.03. The Morgan fingerprint density at radius 1 is 1.45 bits per heavy atom. The Hall–Kier alpha value is -0.960. The summed E-state index contributed by atoms with van der Waals surface area (Å²) in [7, 11) is 0. The minimum atomic E-state index is 1.06. The van der Waals surface area contributed by atoms with Gasteiger partial charge in [0.1, 0.15) is 0 Å². The minimum Gasteiger partial charge on any atom is -0.209 e. The fourth-order valence-corrected chi connectivity index (χ4v) is 1.34. The second kappa shape index (κ2) is 2.27. The van der Waals surface area contributed by atoms with E-state index in [1.807, 2.05) is 12.3 Å². The number of rotatable bonds is 0. The maximum atomic E-state index is 4.15. The standard InChI is InChI=1S/C8H8N2S/c1-6-2-3-7-5-9-10(11)8(7)4-6/h2-5,11H,1H3. The van der Waals surface area contributed by atoms with Crippen molar-refractivity contribution in [2.24, 2.45) is 0 Å². The van der Waals surface area contributed by atoms with Crippen molar-refractivity contribution >= 4 is 23.7 Å². The lowest BCUT2D eigenvalue weighted by atomic mass is 10.2. The quantitative estimate of drug-likeness (QED) is 0.590. The van der Waals surface area contributed by atoms with Crippen LogP contribution in [0.2, 0.25) is 0 Å². The van der Waals surface area contributed by atoms with E-state index in [9.17, 15) is 0 Å². The van der Waals surface area contributed by atoms with E-state index in [1.165, 1.54) is 5.56 Å². The van der Waals surface area contributed by atoms with Gasteiger partial charge >= 0.3 is 0 Å². The number of aryl methyl sites for hydroxylation is 1. The van der Waals surface area contributed by atoms with Gasteiger partial charge in [-0.1, -0.05) is 12.1 Å². The van der Waals surface area contributed by atoms with Gasteiger partial charge in [0.25, 0.3) is 0 Å². The minimum absolute atomic E-state index is 1.06. The van der Waals surface area contributed by atoms with E-state index < -0.39 is 0 Å². The number of nitrogens with zero attached hydrogens (tertiary/aromatic N) is 2. The van der Waals surface area contributed by atoms with Gasteiger partial charge in [-0.15, -0.1) is 0 Å². The van der Waals surface area contributed by atoms with E-state index >= 15 is 0 Å². The fraction of sp³-hybridized carbons (Fsp3) is 0.125. The van der Waals surface area contributed by atoms with Crippen LogP contribution in [-0.4, -0.2) is 9.19 Å². The van der Waals surface area contributed by atoms with Crippen LogP contribution in [0.1, 0.15) is 5.56 Å². The van der Waals surface area contributed by atoms with Crippen LogP contribution in [0.4, 0.5) is 0 Å². The summed E-state index contributed by atoms with van der Waals surface area (Å²) in [5.74, 6) is 0. The number of hydrogen-bond acceptors (Lipinski definition) is 2. The van der Waals surface area contributed by atoms with Crippen molar-refractivity contribution in [3.05, 3.63) is 30.0 Å². The van der Waals surface area contributed by atoms with Gasteiger partial charge in [0.2, 0.25) is 0 Å². The molecule has 56 valence electrons. The summed E-state index contributed by atoms with van der Waals surface area (Å²) in [6.45, 7) is 2.06. The molecule has 0 fully saturated rings. The van der Waals surface area contributed by atoms with E-state index in [4.69, 9.17) is 0 Å². The van der Waals surface area contributed by atoms with Crippen LogP contribution in [0.3, 0.4) is 0 Å². The molecule has 2 nitrogen and oxygen atoms in total. The van der Waals surface area contributed by atoms with Crippen molar-refractivity contribution in [2.45, 2.75) is 6.92 Å². The largest absolute Gasteiger partial charge is 0.209 e. The van der Waals surface area contributed by atoms with Crippen LogP contribution in [0.5, 0.6) is 0 Å². The number of benzene rings is 1. The van der Waals surface area contributed by atoms with Gasteiger partial charge in [-0.3, -0.25) is 0 Å². The summed E-state index contributed by atoms with van der Waals surface area (Å²) in [5, 5.41) is 5.15. The van der Waals surface area contributed by atoms with Crippen LogP contribution in [0.25, 0.3) is 10.9 Å². The molecule has 3 heteroatoms. The molecule has 1 aromatic heterocycles. The Morgan fingerprint density at radius 3 is 3.09 bits per heavy atom. The summed E-state index contributed by atoms with van der Waals surface area (Å²) >= 11 is 4.15. The molecule has 0 spiro atoms. The van der Waals surface area contributed by atoms with E-state index in [0.717, 1.165) is 10.9 Å². The lowest BCUT2D eigenvalue weighted by Gasteiger charge is -1.93. The Morgan fingerprint density at radius 2 is 2.27 bits per heavy atom.